The summed E-state index contributed by atoms with van der Waals surface area (Å²) in [7, 11) is -5.11. The molecule has 25 heavy (non-hydrogen) atoms. The van der Waals surface area contributed by atoms with E-state index in [1.807, 2.05) is 0 Å². The fourth-order valence-electron chi connectivity index (χ4n) is 2.72. The van der Waals surface area contributed by atoms with Crippen molar-refractivity contribution < 1.29 is 32.8 Å². The Morgan fingerprint density at radius 3 is 1.60 bits per heavy atom. The van der Waals surface area contributed by atoms with Crippen molar-refractivity contribution in [2.24, 2.45) is 0 Å². The van der Waals surface area contributed by atoms with E-state index in [2.05, 4.69) is 6.92 Å². The van der Waals surface area contributed by atoms with E-state index in [1.54, 1.807) is 0 Å². The van der Waals surface area contributed by atoms with Crippen molar-refractivity contribution in [2.45, 2.75) is 88.7 Å². The van der Waals surface area contributed by atoms with E-state index in [4.69, 9.17) is 4.55 Å². The summed E-state index contributed by atoms with van der Waals surface area (Å²) in [6, 6.07) is 0. The number of rotatable bonds is 15. The number of aliphatic carboxylic acids is 2. The zero-order valence-corrected chi connectivity index (χ0v) is 18.0. The Bertz CT molecular complexity index is 493. The minimum Gasteiger partial charge on any atom is -0.550 e. The first-order valence-corrected chi connectivity index (χ1v) is 9.99. The van der Waals surface area contributed by atoms with Crippen LogP contribution < -0.4 is 10.2 Å². The van der Waals surface area contributed by atoms with Crippen LogP contribution in [-0.4, -0.2) is 67.4 Å². The smallest absolute Gasteiger partial charge is 0.550 e. The zero-order valence-electron chi connectivity index (χ0n) is 15.0. The number of carbonyl (C=O) groups is 2. The summed E-state index contributed by atoms with van der Waals surface area (Å²) in [5, 5.41) is 21.8. The van der Waals surface area contributed by atoms with E-state index in [-0.39, 0.29) is 44.2 Å². The molecule has 0 spiro atoms. The molecule has 7 nitrogen and oxygen atoms in total. The molecule has 0 aliphatic carbocycles. The van der Waals surface area contributed by atoms with Gasteiger partial charge in [-0.25, -0.2) is 0 Å². The van der Waals surface area contributed by atoms with Crippen LogP contribution in [0.25, 0.3) is 0 Å². The first kappa shape index (κ1) is 27.3. The summed E-state index contributed by atoms with van der Waals surface area (Å²) < 4.78 is 29.1. The predicted molar refractivity (Wildman–Crippen MR) is 91.1 cm³/mol. The van der Waals surface area contributed by atoms with Gasteiger partial charge in [0.25, 0.3) is 10.1 Å². The monoisotopic (exact) mass is 404 g/mol. The molecule has 0 bridgehead atoms. The number of carboxylic acid groups (broad SMARTS) is 2. The number of carbonyl (C=O) groups excluding carboxylic acids is 2. The maximum absolute atomic E-state index is 11.4. The molecule has 0 aromatic rings. The predicted octanol–water partition coefficient (Wildman–Crippen LogP) is 0.433. The third-order valence-corrected chi connectivity index (χ3v) is 5.73. The summed E-state index contributed by atoms with van der Waals surface area (Å²) in [6.07, 6.45) is 7.72. The van der Waals surface area contributed by atoms with Crippen LogP contribution in [0.4, 0.5) is 0 Å². The van der Waals surface area contributed by atoms with Crippen LogP contribution in [-0.2, 0) is 19.7 Å². The van der Waals surface area contributed by atoms with Crippen LogP contribution in [0, 0.1) is 0 Å². The molecule has 0 aliphatic heterocycles. The molecule has 142 valence electrons. The summed E-state index contributed by atoms with van der Waals surface area (Å²) in [4.78, 5) is 21.8. The minimum atomic E-state index is -5.11. The van der Waals surface area contributed by atoms with E-state index in [0.29, 0.717) is 6.42 Å². The van der Waals surface area contributed by atoms with Gasteiger partial charge in [0.2, 0.25) is 0 Å². The van der Waals surface area contributed by atoms with E-state index >= 15 is 0 Å². The molecule has 0 rings (SSSR count). The van der Waals surface area contributed by atoms with Crippen molar-refractivity contribution in [3.05, 3.63) is 0 Å². The number of hydrogen-bond acceptors (Lipinski definition) is 6. The summed E-state index contributed by atoms with van der Waals surface area (Å²) in [5.74, 6) is -3.96. The summed E-state index contributed by atoms with van der Waals surface area (Å²) >= 11 is 0. The van der Waals surface area contributed by atoms with Gasteiger partial charge in [-0.05, 0) is 6.42 Å². The number of unbranched alkanes of at least 4 members (excludes halogenated alkanes) is 9. The van der Waals surface area contributed by atoms with Gasteiger partial charge < -0.3 is 19.8 Å². The van der Waals surface area contributed by atoms with Crippen LogP contribution in [0.15, 0.2) is 0 Å². The van der Waals surface area contributed by atoms with E-state index in [0.717, 1.165) is 25.7 Å². The van der Waals surface area contributed by atoms with Gasteiger partial charge in [0.05, 0.1) is 5.97 Å². The Balaban J connectivity index is 0. The number of hydrogen-bond donors (Lipinski definition) is 1. The second kappa shape index (κ2) is 14.2. The van der Waals surface area contributed by atoms with Crippen molar-refractivity contribution in [1.82, 2.24) is 0 Å². The average molecular weight is 405 g/mol. The van der Waals surface area contributed by atoms with Gasteiger partial charge >= 0.3 is 37.7 Å². The molecule has 0 aliphatic rings. The Morgan fingerprint density at radius 1 is 0.880 bits per heavy atom. The standard InChI is InChI=1S/C16H30O7S.Ca/c1-2-3-4-5-6-7-8-9-10-11-12-16(15(19)20,13-14(17)18)24(21,22)23;/h2-13H2,1H3,(H,17,18)(H,19,20)(H,21,22,23);/q;+2/p-2. The van der Waals surface area contributed by atoms with Gasteiger partial charge in [-0.1, -0.05) is 71.1 Å². The van der Waals surface area contributed by atoms with E-state index in [9.17, 15) is 28.2 Å². The zero-order chi connectivity index (χ0) is 18.6. The van der Waals surface area contributed by atoms with Gasteiger partial charge in [0, 0.05) is 12.4 Å². The molecule has 1 unspecified atom stereocenters. The minimum absolute atomic E-state index is 0. The molecule has 0 aromatic carbocycles. The van der Waals surface area contributed by atoms with Crippen LogP contribution in [0.2, 0.25) is 0 Å². The molecule has 1 N–H and O–H groups in total. The van der Waals surface area contributed by atoms with E-state index < -0.39 is 39.6 Å². The fraction of sp³-hybridized carbons (Fsp3) is 0.875. The third kappa shape index (κ3) is 10.8. The SMILES string of the molecule is CCCCCCCCCCCCC(CC(=O)[O-])(C(=O)[O-])S(=O)(=O)O.[Ca+2]. The maximum atomic E-state index is 11.4. The first-order chi connectivity index (χ1) is 11.2. The van der Waals surface area contributed by atoms with Crippen molar-refractivity contribution in [2.75, 3.05) is 0 Å². The molecule has 0 aromatic heterocycles. The fourth-order valence-corrected chi connectivity index (χ4v) is 3.63. The van der Waals surface area contributed by atoms with Crippen molar-refractivity contribution in [3.63, 3.8) is 0 Å². The third-order valence-electron chi connectivity index (χ3n) is 4.23. The molecule has 0 radical (unpaired) electrons. The Morgan fingerprint density at radius 2 is 1.28 bits per heavy atom. The molecule has 0 saturated carbocycles. The van der Waals surface area contributed by atoms with Crippen molar-refractivity contribution in [1.29, 1.82) is 0 Å². The van der Waals surface area contributed by atoms with E-state index in [1.165, 1.54) is 25.7 Å². The van der Waals surface area contributed by atoms with Crippen LogP contribution in [0.5, 0.6) is 0 Å². The van der Waals surface area contributed by atoms with Crippen molar-refractivity contribution >= 4 is 59.8 Å². The summed E-state index contributed by atoms with van der Waals surface area (Å²) in [6.45, 7) is 2.15. The Labute approximate surface area is 180 Å². The molecular formula is C16H28CaO7S. The molecule has 9 heteroatoms. The van der Waals surface area contributed by atoms with Gasteiger partial charge in [-0.3, -0.25) is 4.55 Å². The average Bonchev–Trinajstić information content (AvgIpc) is 2.46. The molecule has 0 heterocycles. The second-order valence-corrected chi connectivity index (χ2v) is 7.97. The molecule has 0 fully saturated rings. The van der Waals surface area contributed by atoms with Gasteiger partial charge in [-0.15, -0.1) is 0 Å². The largest absolute Gasteiger partial charge is 2.00 e. The second-order valence-electron chi connectivity index (χ2n) is 6.24. The maximum Gasteiger partial charge on any atom is 2.00 e. The van der Waals surface area contributed by atoms with Gasteiger partial charge in [-0.2, -0.15) is 8.42 Å². The van der Waals surface area contributed by atoms with Crippen molar-refractivity contribution in [3.8, 4) is 0 Å². The van der Waals surface area contributed by atoms with Crippen LogP contribution in [0.3, 0.4) is 0 Å². The first-order valence-electron chi connectivity index (χ1n) is 8.55. The Hall–Kier alpha value is 0.110. The van der Waals surface area contributed by atoms with Gasteiger partial charge in [0.1, 0.15) is 4.75 Å². The van der Waals surface area contributed by atoms with Crippen LogP contribution >= 0.6 is 0 Å². The quantitative estimate of drug-likeness (QED) is 0.237. The molecule has 0 amide bonds. The number of carboxylic acids is 2. The topological polar surface area (TPSA) is 135 Å². The van der Waals surface area contributed by atoms with Gasteiger partial charge in [0.15, 0.2) is 0 Å². The molecule has 0 saturated heterocycles. The molecular weight excluding hydrogens is 376 g/mol. The normalized spacial score (nSPS) is 13.7. The summed E-state index contributed by atoms with van der Waals surface area (Å²) in [5.41, 5.74) is 0. The van der Waals surface area contributed by atoms with Crippen LogP contribution in [0.1, 0.15) is 84.0 Å². The Kier molecular flexibility index (Phi) is 15.5. The molecule has 1 atom stereocenters.